The lowest BCUT2D eigenvalue weighted by molar-refractivity contribution is -0.123. The zero-order chi connectivity index (χ0) is 13.8. The molecular formula is C15H20N2O2. The van der Waals surface area contributed by atoms with Crippen LogP contribution in [0.1, 0.15) is 30.9 Å². The molecule has 1 saturated carbocycles. The smallest absolute Gasteiger partial charge is 0.277 e. The highest BCUT2D eigenvalue weighted by atomic mass is 16.5. The minimum Gasteiger partial charge on any atom is -0.483 e. The van der Waals surface area contributed by atoms with Crippen LogP contribution in [0.4, 0.5) is 0 Å². The second-order valence-electron chi connectivity index (χ2n) is 5.12. The Hall–Kier alpha value is -1.84. The van der Waals surface area contributed by atoms with Gasteiger partial charge in [0.15, 0.2) is 6.61 Å². The predicted molar refractivity (Wildman–Crippen MR) is 75.4 cm³/mol. The van der Waals surface area contributed by atoms with Gasteiger partial charge in [0.25, 0.3) is 5.91 Å². The van der Waals surface area contributed by atoms with Crippen molar-refractivity contribution in [3.05, 3.63) is 29.3 Å². The summed E-state index contributed by atoms with van der Waals surface area (Å²) in [5, 5.41) is 4.08. The molecule has 1 fully saturated rings. The first-order valence-corrected chi connectivity index (χ1v) is 6.59. The number of carbonyl (C=O) groups is 1. The van der Waals surface area contributed by atoms with E-state index in [0.717, 1.165) is 22.6 Å². The van der Waals surface area contributed by atoms with Crippen LogP contribution in [0.3, 0.4) is 0 Å². The monoisotopic (exact) mass is 260 g/mol. The fourth-order valence-corrected chi connectivity index (χ4v) is 1.78. The maximum atomic E-state index is 11.6. The Bertz CT molecular complexity index is 505. The summed E-state index contributed by atoms with van der Waals surface area (Å²) >= 11 is 0. The Morgan fingerprint density at radius 2 is 2.16 bits per heavy atom. The summed E-state index contributed by atoms with van der Waals surface area (Å²) in [4.78, 5) is 11.6. The average Bonchev–Trinajstić information content (AvgIpc) is 3.21. The summed E-state index contributed by atoms with van der Waals surface area (Å²) in [5.41, 5.74) is 5.67. The molecule has 2 rings (SSSR count). The zero-order valence-corrected chi connectivity index (χ0v) is 11.7. The molecule has 1 N–H and O–H groups in total. The van der Waals surface area contributed by atoms with E-state index in [4.69, 9.17) is 4.74 Å². The molecule has 1 aliphatic carbocycles. The van der Waals surface area contributed by atoms with Crippen LogP contribution >= 0.6 is 0 Å². The fourth-order valence-electron chi connectivity index (χ4n) is 1.78. The molecule has 0 aliphatic heterocycles. The molecule has 4 nitrogen and oxygen atoms in total. The van der Waals surface area contributed by atoms with Crippen molar-refractivity contribution in [1.82, 2.24) is 5.43 Å². The highest BCUT2D eigenvalue weighted by Crippen LogP contribution is 2.30. The van der Waals surface area contributed by atoms with Gasteiger partial charge in [-0.3, -0.25) is 4.79 Å². The quantitative estimate of drug-likeness (QED) is 0.653. The van der Waals surface area contributed by atoms with Crippen LogP contribution in [0, 0.1) is 19.8 Å². The number of rotatable bonds is 5. The average molecular weight is 260 g/mol. The van der Waals surface area contributed by atoms with Crippen molar-refractivity contribution in [2.24, 2.45) is 11.0 Å². The first kappa shape index (κ1) is 13.6. The molecule has 102 valence electrons. The summed E-state index contributed by atoms with van der Waals surface area (Å²) < 4.78 is 5.51. The Morgan fingerprint density at radius 1 is 1.42 bits per heavy atom. The maximum Gasteiger partial charge on any atom is 0.277 e. The number of aryl methyl sites for hydroxylation is 2. The van der Waals surface area contributed by atoms with E-state index in [1.54, 1.807) is 0 Å². The molecule has 1 amide bonds. The molecule has 19 heavy (non-hydrogen) atoms. The van der Waals surface area contributed by atoms with Gasteiger partial charge < -0.3 is 4.74 Å². The second kappa shape index (κ2) is 5.87. The Balaban J connectivity index is 1.82. The van der Waals surface area contributed by atoms with Crippen LogP contribution < -0.4 is 10.2 Å². The minimum absolute atomic E-state index is 0.00819. The molecule has 0 saturated heterocycles. The van der Waals surface area contributed by atoms with E-state index in [1.165, 1.54) is 12.8 Å². The number of hydrogen-bond donors (Lipinski definition) is 1. The van der Waals surface area contributed by atoms with Gasteiger partial charge in [0.1, 0.15) is 5.75 Å². The van der Waals surface area contributed by atoms with E-state index in [-0.39, 0.29) is 12.5 Å². The van der Waals surface area contributed by atoms with Crippen LogP contribution in [0.25, 0.3) is 0 Å². The van der Waals surface area contributed by atoms with E-state index in [2.05, 4.69) is 10.5 Å². The topological polar surface area (TPSA) is 50.7 Å². The summed E-state index contributed by atoms with van der Waals surface area (Å²) in [7, 11) is 0. The molecule has 0 atom stereocenters. The van der Waals surface area contributed by atoms with Crippen LogP contribution in [0.5, 0.6) is 5.75 Å². The molecule has 0 heterocycles. The van der Waals surface area contributed by atoms with Crippen molar-refractivity contribution in [3.63, 3.8) is 0 Å². The number of hydrogen-bond acceptors (Lipinski definition) is 3. The number of ether oxygens (including phenoxy) is 1. The summed E-state index contributed by atoms with van der Waals surface area (Å²) in [5.74, 6) is 1.10. The van der Waals surface area contributed by atoms with Crippen molar-refractivity contribution >= 4 is 11.6 Å². The summed E-state index contributed by atoms with van der Waals surface area (Å²) in [6.45, 7) is 5.90. The van der Waals surface area contributed by atoms with Crippen molar-refractivity contribution in [3.8, 4) is 5.75 Å². The minimum atomic E-state index is -0.221. The van der Waals surface area contributed by atoms with Gasteiger partial charge in [-0.05, 0) is 56.7 Å². The van der Waals surface area contributed by atoms with Gasteiger partial charge in [0.05, 0.1) is 0 Å². The van der Waals surface area contributed by atoms with Crippen molar-refractivity contribution in [2.75, 3.05) is 6.61 Å². The highest BCUT2D eigenvalue weighted by Gasteiger charge is 2.24. The van der Waals surface area contributed by atoms with Crippen LogP contribution in [-0.2, 0) is 4.79 Å². The van der Waals surface area contributed by atoms with E-state index < -0.39 is 0 Å². The number of nitrogens with one attached hydrogen (secondary N) is 1. The standard InChI is InChI=1S/C15H20N2O2/c1-10-4-5-11(2)14(8-10)19-9-15(18)17-16-12(3)13-6-7-13/h4-5,8,13H,6-7,9H2,1-3H3,(H,17,18). The number of hydrazone groups is 1. The van der Waals surface area contributed by atoms with Crippen molar-refractivity contribution in [1.29, 1.82) is 0 Å². The summed E-state index contributed by atoms with van der Waals surface area (Å²) in [6.07, 6.45) is 2.37. The van der Waals surface area contributed by atoms with E-state index >= 15 is 0 Å². The Kier molecular flexibility index (Phi) is 4.20. The molecular weight excluding hydrogens is 240 g/mol. The van der Waals surface area contributed by atoms with Gasteiger partial charge in [-0.15, -0.1) is 0 Å². The first-order chi connectivity index (χ1) is 9.06. The first-order valence-electron chi connectivity index (χ1n) is 6.59. The fraction of sp³-hybridized carbons (Fsp3) is 0.467. The van der Waals surface area contributed by atoms with E-state index in [1.807, 2.05) is 39.0 Å². The number of carbonyl (C=O) groups excluding carboxylic acids is 1. The second-order valence-corrected chi connectivity index (χ2v) is 5.12. The van der Waals surface area contributed by atoms with Crippen molar-refractivity contribution in [2.45, 2.75) is 33.6 Å². The van der Waals surface area contributed by atoms with Gasteiger partial charge in [-0.2, -0.15) is 5.10 Å². The Morgan fingerprint density at radius 3 is 2.84 bits per heavy atom. The van der Waals surface area contributed by atoms with Crippen LogP contribution in [-0.4, -0.2) is 18.2 Å². The van der Waals surface area contributed by atoms with Crippen LogP contribution in [0.2, 0.25) is 0 Å². The molecule has 0 unspecified atom stereocenters. The third-order valence-electron chi connectivity index (χ3n) is 3.23. The molecule has 0 radical (unpaired) electrons. The predicted octanol–water partition coefficient (Wildman–Crippen LogP) is 2.58. The molecule has 1 aliphatic rings. The lowest BCUT2D eigenvalue weighted by Gasteiger charge is -2.09. The molecule has 1 aromatic rings. The number of benzene rings is 1. The zero-order valence-electron chi connectivity index (χ0n) is 11.7. The molecule has 0 aromatic heterocycles. The van der Waals surface area contributed by atoms with E-state index in [0.29, 0.717) is 5.92 Å². The highest BCUT2D eigenvalue weighted by molar-refractivity contribution is 5.88. The van der Waals surface area contributed by atoms with Gasteiger partial charge in [-0.1, -0.05) is 12.1 Å². The summed E-state index contributed by atoms with van der Waals surface area (Å²) in [6, 6.07) is 5.94. The lowest BCUT2D eigenvalue weighted by atomic mass is 10.1. The molecule has 0 spiro atoms. The van der Waals surface area contributed by atoms with E-state index in [9.17, 15) is 4.79 Å². The molecule has 1 aromatic carbocycles. The normalized spacial score (nSPS) is 15.2. The van der Waals surface area contributed by atoms with Crippen molar-refractivity contribution < 1.29 is 9.53 Å². The van der Waals surface area contributed by atoms with Gasteiger partial charge in [-0.25, -0.2) is 5.43 Å². The number of nitrogens with zero attached hydrogens (tertiary/aromatic N) is 1. The van der Waals surface area contributed by atoms with Gasteiger partial charge in [0.2, 0.25) is 0 Å². The molecule has 4 heteroatoms. The SMILES string of the molecule is CC(=NNC(=O)COc1cc(C)ccc1C)C1CC1. The maximum absolute atomic E-state index is 11.6. The lowest BCUT2D eigenvalue weighted by Crippen LogP contribution is -2.25. The Labute approximate surface area is 113 Å². The van der Waals surface area contributed by atoms with Gasteiger partial charge in [0, 0.05) is 5.71 Å². The number of amides is 1. The third kappa shape index (κ3) is 4.09. The third-order valence-corrected chi connectivity index (χ3v) is 3.23. The van der Waals surface area contributed by atoms with Gasteiger partial charge >= 0.3 is 0 Å². The van der Waals surface area contributed by atoms with Crippen LogP contribution in [0.15, 0.2) is 23.3 Å². The molecule has 0 bridgehead atoms. The largest absolute Gasteiger partial charge is 0.483 e.